The summed E-state index contributed by atoms with van der Waals surface area (Å²) in [6, 6.07) is 2.53. The van der Waals surface area contributed by atoms with Gasteiger partial charge in [0.25, 0.3) is 0 Å². The molecule has 1 atom stereocenters. The first-order valence-electron chi connectivity index (χ1n) is 10.0. The Morgan fingerprint density at radius 1 is 1.33 bits per heavy atom. The number of aliphatic hydroxyl groups excluding tert-OH is 1. The highest BCUT2D eigenvalue weighted by atomic mass is 16.6. The Balaban J connectivity index is 1.60. The second-order valence-corrected chi connectivity index (χ2v) is 7.80. The standard InChI is InChI=1S/C19H33N5O3/c1-4-27-19(26)22-10-6-15(7-11-22)23-8-5-9-24-16(13-23)12-17(20-24)18(25)14-21(2)3/h12,15,18,25H,4-11,13-14H2,1-3H3. The summed E-state index contributed by atoms with van der Waals surface area (Å²) < 4.78 is 7.17. The molecule has 1 fully saturated rings. The van der Waals surface area contributed by atoms with E-state index in [1.54, 1.807) is 0 Å². The van der Waals surface area contributed by atoms with Gasteiger partial charge >= 0.3 is 6.09 Å². The minimum Gasteiger partial charge on any atom is -0.450 e. The lowest BCUT2D eigenvalue weighted by molar-refractivity contribution is 0.0727. The third-order valence-corrected chi connectivity index (χ3v) is 5.45. The maximum atomic E-state index is 11.9. The Kier molecular flexibility index (Phi) is 6.73. The summed E-state index contributed by atoms with van der Waals surface area (Å²) in [7, 11) is 3.91. The topological polar surface area (TPSA) is 74.1 Å². The van der Waals surface area contributed by atoms with Crippen LogP contribution < -0.4 is 0 Å². The van der Waals surface area contributed by atoms with Crippen LogP contribution in [0.15, 0.2) is 6.07 Å². The molecule has 1 saturated heterocycles. The molecule has 0 spiro atoms. The first kappa shape index (κ1) is 20.1. The van der Waals surface area contributed by atoms with E-state index in [0.29, 0.717) is 19.2 Å². The number of carbonyl (C=O) groups excluding carboxylic acids is 1. The predicted molar refractivity (Wildman–Crippen MR) is 102 cm³/mol. The van der Waals surface area contributed by atoms with E-state index in [-0.39, 0.29) is 6.09 Å². The highest BCUT2D eigenvalue weighted by Crippen LogP contribution is 2.24. The lowest BCUT2D eigenvalue weighted by Gasteiger charge is -2.37. The summed E-state index contributed by atoms with van der Waals surface area (Å²) in [5.74, 6) is 0. The molecular weight excluding hydrogens is 346 g/mol. The SMILES string of the molecule is CCOC(=O)N1CCC(N2CCCn3nc(C(O)CN(C)C)cc3C2)CC1. The zero-order valence-corrected chi connectivity index (χ0v) is 16.8. The first-order valence-corrected chi connectivity index (χ1v) is 10.0. The maximum absolute atomic E-state index is 11.9. The minimum atomic E-state index is -0.555. The number of carbonyl (C=O) groups is 1. The van der Waals surface area contributed by atoms with Crippen LogP contribution in [-0.4, -0.2) is 88.6 Å². The number of likely N-dealkylation sites (tertiary alicyclic amines) is 1. The number of piperidine rings is 1. The minimum absolute atomic E-state index is 0.190. The molecule has 8 heteroatoms. The largest absolute Gasteiger partial charge is 0.450 e. The lowest BCUT2D eigenvalue weighted by Crippen LogP contribution is -2.46. The molecule has 0 aromatic carbocycles. The third-order valence-electron chi connectivity index (χ3n) is 5.45. The molecule has 1 aromatic rings. The predicted octanol–water partition coefficient (Wildman–Crippen LogP) is 1.30. The smallest absolute Gasteiger partial charge is 0.409 e. The van der Waals surface area contributed by atoms with Gasteiger partial charge in [-0.25, -0.2) is 4.79 Å². The number of aryl methyl sites for hydroxylation is 1. The van der Waals surface area contributed by atoms with E-state index in [2.05, 4.69) is 20.7 Å². The fourth-order valence-electron chi connectivity index (χ4n) is 4.05. The number of nitrogens with zero attached hydrogens (tertiary/aromatic N) is 5. The molecule has 152 valence electrons. The van der Waals surface area contributed by atoms with Gasteiger partial charge in [0, 0.05) is 45.3 Å². The summed E-state index contributed by atoms with van der Waals surface area (Å²) in [5.41, 5.74) is 1.94. The van der Waals surface area contributed by atoms with Crippen LogP contribution in [0.25, 0.3) is 0 Å². The number of amides is 1. The van der Waals surface area contributed by atoms with E-state index in [0.717, 1.165) is 57.7 Å². The van der Waals surface area contributed by atoms with Crippen LogP contribution >= 0.6 is 0 Å². The first-order chi connectivity index (χ1) is 13.0. The Bertz CT molecular complexity index is 625. The molecule has 27 heavy (non-hydrogen) atoms. The molecule has 8 nitrogen and oxygen atoms in total. The van der Waals surface area contributed by atoms with Crippen LogP contribution in [0.5, 0.6) is 0 Å². The van der Waals surface area contributed by atoms with Gasteiger partial charge in [0.15, 0.2) is 0 Å². The zero-order chi connectivity index (χ0) is 19.4. The highest BCUT2D eigenvalue weighted by Gasteiger charge is 2.29. The number of likely N-dealkylation sites (N-methyl/N-ethyl adjacent to an activating group) is 1. The molecule has 1 aromatic heterocycles. The second kappa shape index (κ2) is 9.03. The van der Waals surface area contributed by atoms with Gasteiger partial charge in [0.1, 0.15) is 6.10 Å². The molecule has 3 rings (SSSR count). The van der Waals surface area contributed by atoms with Gasteiger partial charge in [-0.1, -0.05) is 0 Å². The lowest BCUT2D eigenvalue weighted by atomic mass is 10.0. The number of hydrogen-bond donors (Lipinski definition) is 1. The Labute approximate surface area is 161 Å². The number of rotatable bonds is 5. The van der Waals surface area contributed by atoms with Gasteiger partial charge in [-0.05, 0) is 46.3 Å². The number of aliphatic hydroxyl groups is 1. The fourth-order valence-corrected chi connectivity index (χ4v) is 4.05. The molecule has 0 saturated carbocycles. The van der Waals surface area contributed by atoms with Gasteiger partial charge in [-0.3, -0.25) is 9.58 Å². The average Bonchev–Trinajstić information content (AvgIpc) is 2.93. The summed E-state index contributed by atoms with van der Waals surface area (Å²) in [6.07, 6.45) is 2.26. The number of aromatic nitrogens is 2. The van der Waals surface area contributed by atoms with Crippen molar-refractivity contribution in [1.29, 1.82) is 0 Å². The van der Waals surface area contributed by atoms with E-state index >= 15 is 0 Å². The van der Waals surface area contributed by atoms with Gasteiger partial charge in [0.05, 0.1) is 18.0 Å². The summed E-state index contributed by atoms with van der Waals surface area (Å²) >= 11 is 0. The third kappa shape index (κ3) is 5.00. The van der Waals surface area contributed by atoms with E-state index in [4.69, 9.17) is 4.74 Å². The van der Waals surface area contributed by atoms with Crippen LogP contribution in [0, 0.1) is 0 Å². The van der Waals surface area contributed by atoms with Crippen LogP contribution in [0.1, 0.15) is 43.7 Å². The molecule has 1 N–H and O–H groups in total. The molecule has 2 aliphatic rings. The molecule has 2 aliphatic heterocycles. The van der Waals surface area contributed by atoms with Crippen LogP contribution in [0.3, 0.4) is 0 Å². The monoisotopic (exact) mass is 379 g/mol. The van der Waals surface area contributed by atoms with E-state index in [1.165, 1.54) is 5.69 Å². The normalized spacial score (nSPS) is 20.4. The Morgan fingerprint density at radius 3 is 2.74 bits per heavy atom. The number of hydrogen-bond acceptors (Lipinski definition) is 6. The molecule has 0 aliphatic carbocycles. The van der Waals surface area contributed by atoms with E-state index in [1.807, 2.05) is 30.8 Å². The molecule has 1 unspecified atom stereocenters. The van der Waals surface area contributed by atoms with Gasteiger partial charge in [-0.15, -0.1) is 0 Å². The van der Waals surface area contributed by atoms with Crippen molar-refractivity contribution in [3.8, 4) is 0 Å². The molecule has 0 bridgehead atoms. The van der Waals surface area contributed by atoms with Crippen LogP contribution in [0.4, 0.5) is 4.79 Å². The van der Waals surface area contributed by atoms with E-state index < -0.39 is 6.10 Å². The molecular formula is C19H33N5O3. The van der Waals surface area contributed by atoms with Crippen molar-refractivity contribution in [2.45, 2.75) is 51.4 Å². The highest BCUT2D eigenvalue weighted by molar-refractivity contribution is 5.67. The molecule has 0 radical (unpaired) electrons. The van der Waals surface area contributed by atoms with Crippen molar-refractivity contribution in [3.05, 3.63) is 17.5 Å². The van der Waals surface area contributed by atoms with Gasteiger partial charge < -0.3 is 19.6 Å². The van der Waals surface area contributed by atoms with Gasteiger partial charge in [-0.2, -0.15) is 5.10 Å². The van der Waals surface area contributed by atoms with Crippen molar-refractivity contribution in [1.82, 2.24) is 24.5 Å². The fraction of sp³-hybridized carbons (Fsp3) is 0.789. The summed E-state index contributed by atoms with van der Waals surface area (Å²) in [6.45, 7) is 7.15. The van der Waals surface area contributed by atoms with Crippen molar-refractivity contribution in [2.24, 2.45) is 0 Å². The Morgan fingerprint density at radius 2 is 2.07 bits per heavy atom. The van der Waals surface area contributed by atoms with Crippen molar-refractivity contribution in [3.63, 3.8) is 0 Å². The molecule has 1 amide bonds. The van der Waals surface area contributed by atoms with Crippen LogP contribution in [0.2, 0.25) is 0 Å². The van der Waals surface area contributed by atoms with Crippen molar-refractivity contribution < 1.29 is 14.6 Å². The maximum Gasteiger partial charge on any atom is 0.409 e. The zero-order valence-electron chi connectivity index (χ0n) is 16.8. The van der Waals surface area contributed by atoms with Gasteiger partial charge in [0.2, 0.25) is 0 Å². The average molecular weight is 380 g/mol. The summed E-state index contributed by atoms with van der Waals surface area (Å²) in [5, 5.41) is 15.0. The van der Waals surface area contributed by atoms with Crippen molar-refractivity contribution >= 4 is 6.09 Å². The number of fused-ring (bicyclic) bond motifs is 1. The van der Waals surface area contributed by atoms with E-state index in [9.17, 15) is 9.90 Å². The Hall–Kier alpha value is -1.64. The summed E-state index contributed by atoms with van der Waals surface area (Å²) in [4.78, 5) is 18.2. The van der Waals surface area contributed by atoms with Crippen LogP contribution in [-0.2, 0) is 17.8 Å². The quantitative estimate of drug-likeness (QED) is 0.831. The second-order valence-electron chi connectivity index (χ2n) is 7.80. The number of ether oxygens (including phenoxy) is 1. The molecule has 3 heterocycles. The van der Waals surface area contributed by atoms with Crippen molar-refractivity contribution in [2.75, 3.05) is 46.9 Å².